The Morgan fingerprint density at radius 3 is 1.27 bits per heavy atom. The lowest BCUT2D eigenvalue weighted by Crippen LogP contribution is -2.46. The molecule has 0 rings (SSSR count). The summed E-state index contributed by atoms with van der Waals surface area (Å²) < 4.78 is -0.365. The van der Waals surface area contributed by atoms with Gasteiger partial charge in [-0.25, -0.2) is 0 Å². The van der Waals surface area contributed by atoms with Gasteiger partial charge in [-0.1, -0.05) is 0 Å². The van der Waals surface area contributed by atoms with Gasteiger partial charge in [-0.3, -0.25) is 0 Å². The average Bonchev–Trinajstić information content (AvgIpc) is 1.88. The molecule has 0 saturated carbocycles. The summed E-state index contributed by atoms with van der Waals surface area (Å²) in [7, 11) is 0. The van der Waals surface area contributed by atoms with Gasteiger partial charge in [0.1, 0.15) is 0 Å². The van der Waals surface area contributed by atoms with Crippen molar-refractivity contribution in [3.63, 3.8) is 0 Å². The van der Waals surface area contributed by atoms with Crippen molar-refractivity contribution >= 4 is 34.8 Å². The normalized spacial score (nSPS) is 12.0. The molecule has 0 saturated heterocycles. The van der Waals surface area contributed by atoms with E-state index in [0.717, 1.165) is 0 Å². The average molecular weight is 221 g/mol. The van der Waals surface area contributed by atoms with Crippen LogP contribution in [0.4, 0.5) is 0 Å². The first-order chi connectivity index (χ1) is 5.18. The van der Waals surface area contributed by atoms with E-state index in [1.54, 1.807) is 0 Å². The van der Waals surface area contributed by atoms with E-state index < -0.39 is 0 Å². The number of quaternary nitrogens is 1. The van der Waals surface area contributed by atoms with Crippen LogP contribution in [0.3, 0.4) is 0 Å². The molecule has 0 aromatic heterocycles. The van der Waals surface area contributed by atoms with E-state index in [1.807, 2.05) is 0 Å². The van der Waals surface area contributed by atoms with Crippen molar-refractivity contribution in [2.75, 3.05) is 37.3 Å². The SMILES string of the molecule is [O-][N+](CCCl)(CCCl)CCCl. The molecular weight excluding hydrogens is 208 g/mol. The van der Waals surface area contributed by atoms with Crippen molar-refractivity contribution in [2.45, 2.75) is 0 Å². The van der Waals surface area contributed by atoms with Crippen LogP contribution in [0.1, 0.15) is 0 Å². The first kappa shape index (κ1) is 11.8. The number of alkyl halides is 3. The molecule has 0 fully saturated rings. The predicted molar refractivity (Wildman–Crippen MR) is 50.4 cm³/mol. The molecule has 0 aliphatic carbocycles. The molecule has 2 nitrogen and oxygen atoms in total. The Labute approximate surface area is 82.2 Å². The van der Waals surface area contributed by atoms with Gasteiger partial charge in [0.15, 0.2) is 0 Å². The fourth-order valence-electron chi connectivity index (χ4n) is 0.797. The van der Waals surface area contributed by atoms with Crippen molar-refractivity contribution < 1.29 is 4.65 Å². The van der Waals surface area contributed by atoms with Crippen molar-refractivity contribution in [3.05, 3.63) is 5.21 Å². The third-order valence-corrected chi connectivity index (χ3v) is 1.98. The van der Waals surface area contributed by atoms with Gasteiger partial charge >= 0.3 is 0 Å². The Kier molecular flexibility index (Phi) is 6.78. The minimum absolute atomic E-state index is 0.358. The maximum Gasteiger partial charge on any atom is 0.0922 e. The summed E-state index contributed by atoms with van der Waals surface area (Å²) in [6, 6.07) is 0. The van der Waals surface area contributed by atoms with Gasteiger partial charge in [0.2, 0.25) is 0 Å². The van der Waals surface area contributed by atoms with E-state index >= 15 is 0 Å². The molecule has 0 aromatic carbocycles. The van der Waals surface area contributed by atoms with Crippen LogP contribution in [-0.4, -0.2) is 41.9 Å². The lowest BCUT2D eigenvalue weighted by Gasteiger charge is -2.41. The molecule has 68 valence electrons. The molecule has 0 N–H and O–H groups in total. The number of rotatable bonds is 6. The molecule has 0 aliphatic heterocycles. The van der Waals surface area contributed by atoms with Crippen LogP contribution in [0, 0.1) is 5.21 Å². The van der Waals surface area contributed by atoms with Crippen LogP contribution in [0.2, 0.25) is 0 Å². The van der Waals surface area contributed by atoms with Gasteiger partial charge in [0.25, 0.3) is 0 Å². The molecule has 0 unspecified atom stereocenters. The van der Waals surface area contributed by atoms with Crippen LogP contribution < -0.4 is 0 Å². The zero-order valence-corrected chi connectivity index (χ0v) is 8.50. The molecule has 11 heavy (non-hydrogen) atoms. The highest BCUT2D eigenvalue weighted by Crippen LogP contribution is 2.05. The zero-order valence-electron chi connectivity index (χ0n) is 6.23. The Hall–Kier alpha value is 0.790. The smallest absolute Gasteiger partial charge is 0.0922 e. The topological polar surface area (TPSA) is 23.1 Å². The second-order valence-electron chi connectivity index (χ2n) is 2.30. The molecular formula is C6H12Cl3NO. The van der Waals surface area contributed by atoms with Crippen molar-refractivity contribution in [2.24, 2.45) is 0 Å². The summed E-state index contributed by atoms with van der Waals surface area (Å²) in [5, 5.41) is 11.6. The summed E-state index contributed by atoms with van der Waals surface area (Å²) in [5.41, 5.74) is 0. The standard InChI is InChI=1S/C6H12Cl3NO/c7-1-4-10(11,5-2-8)6-3-9/h1-6H2. The van der Waals surface area contributed by atoms with Gasteiger partial charge in [0, 0.05) is 0 Å². The van der Waals surface area contributed by atoms with Crippen LogP contribution in [0.15, 0.2) is 0 Å². The maximum absolute atomic E-state index is 11.6. The maximum atomic E-state index is 11.6. The van der Waals surface area contributed by atoms with Gasteiger partial charge in [0.05, 0.1) is 37.3 Å². The fourth-order valence-corrected chi connectivity index (χ4v) is 1.72. The number of hydrogen-bond donors (Lipinski definition) is 0. The second kappa shape index (κ2) is 6.32. The lowest BCUT2D eigenvalue weighted by molar-refractivity contribution is -0.873. The molecule has 0 aliphatic rings. The highest BCUT2D eigenvalue weighted by molar-refractivity contribution is 6.18. The monoisotopic (exact) mass is 219 g/mol. The van der Waals surface area contributed by atoms with Crippen LogP contribution in [-0.2, 0) is 0 Å². The number of hydroxylamine groups is 3. The summed E-state index contributed by atoms with van der Waals surface area (Å²) >= 11 is 16.4. The minimum atomic E-state index is -0.365. The number of halogens is 3. The molecule has 0 aromatic rings. The second-order valence-corrected chi connectivity index (χ2v) is 3.43. The highest BCUT2D eigenvalue weighted by atomic mass is 35.5. The van der Waals surface area contributed by atoms with Crippen LogP contribution >= 0.6 is 34.8 Å². The Morgan fingerprint density at radius 2 is 1.09 bits per heavy atom. The van der Waals surface area contributed by atoms with Gasteiger partial charge in [-0.2, -0.15) is 0 Å². The van der Waals surface area contributed by atoms with Crippen molar-refractivity contribution in [3.8, 4) is 0 Å². The highest BCUT2D eigenvalue weighted by Gasteiger charge is 2.13. The Balaban J connectivity index is 3.79. The van der Waals surface area contributed by atoms with E-state index in [9.17, 15) is 5.21 Å². The molecule has 0 spiro atoms. The summed E-state index contributed by atoms with van der Waals surface area (Å²) in [6.45, 7) is 1.17. The molecule has 0 heterocycles. The van der Waals surface area contributed by atoms with E-state index in [4.69, 9.17) is 34.8 Å². The van der Waals surface area contributed by atoms with E-state index in [0.29, 0.717) is 37.3 Å². The minimum Gasteiger partial charge on any atom is -0.633 e. The Morgan fingerprint density at radius 1 is 0.818 bits per heavy atom. The Bertz CT molecular complexity index is 84.8. The first-order valence-corrected chi connectivity index (χ1v) is 5.04. The summed E-state index contributed by atoms with van der Waals surface area (Å²) in [6.07, 6.45) is 0. The molecule has 0 atom stereocenters. The third-order valence-electron chi connectivity index (χ3n) is 1.48. The largest absolute Gasteiger partial charge is 0.633 e. The number of hydrogen-bond acceptors (Lipinski definition) is 1. The predicted octanol–water partition coefficient (Wildman–Crippen LogP) is 2.02. The van der Waals surface area contributed by atoms with Crippen LogP contribution in [0.25, 0.3) is 0 Å². The first-order valence-electron chi connectivity index (χ1n) is 3.43. The lowest BCUT2D eigenvalue weighted by atomic mass is 10.5. The number of nitrogens with zero attached hydrogens (tertiary/aromatic N) is 1. The summed E-state index contributed by atoms with van der Waals surface area (Å²) in [5.74, 6) is 1.08. The molecule has 5 heteroatoms. The van der Waals surface area contributed by atoms with E-state index in [-0.39, 0.29) is 4.65 Å². The molecule has 0 bridgehead atoms. The van der Waals surface area contributed by atoms with Gasteiger partial charge in [-0.05, 0) is 0 Å². The molecule has 0 amide bonds. The molecule has 0 radical (unpaired) electrons. The quantitative estimate of drug-likeness (QED) is 0.382. The zero-order chi connectivity index (χ0) is 8.74. The van der Waals surface area contributed by atoms with Crippen molar-refractivity contribution in [1.29, 1.82) is 0 Å². The van der Waals surface area contributed by atoms with E-state index in [1.165, 1.54) is 0 Å². The van der Waals surface area contributed by atoms with Crippen molar-refractivity contribution in [1.82, 2.24) is 0 Å². The third kappa shape index (κ3) is 5.10. The van der Waals surface area contributed by atoms with Crippen LogP contribution in [0.5, 0.6) is 0 Å². The fraction of sp³-hybridized carbons (Fsp3) is 1.00. The van der Waals surface area contributed by atoms with E-state index in [2.05, 4.69) is 0 Å². The summed E-state index contributed by atoms with van der Waals surface area (Å²) in [4.78, 5) is 0. The van der Waals surface area contributed by atoms with Gasteiger partial charge in [-0.15, -0.1) is 34.8 Å². The van der Waals surface area contributed by atoms with Gasteiger partial charge < -0.3 is 9.85 Å².